The lowest BCUT2D eigenvalue weighted by Crippen LogP contribution is -2.45. The van der Waals surface area contributed by atoms with Crippen LogP contribution in [0.15, 0.2) is 36.5 Å². The summed E-state index contributed by atoms with van der Waals surface area (Å²) in [6.07, 6.45) is 0.352. The fraction of sp³-hybridized carbons (Fsp3) is 0.250. The van der Waals surface area contributed by atoms with Crippen molar-refractivity contribution in [3.63, 3.8) is 0 Å². The van der Waals surface area contributed by atoms with E-state index in [0.29, 0.717) is 12.1 Å². The van der Waals surface area contributed by atoms with Gasteiger partial charge in [0.1, 0.15) is 28.7 Å². The Morgan fingerprint density at radius 3 is 2.95 bits per heavy atom. The maximum absolute atomic E-state index is 14.3. The quantitative estimate of drug-likeness (QED) is 0.421. The number of nitrogens with zero attached hydrogens (tertiary/aromatic N) is 5. The molecule has 1 atom stereocenters. The summed E-state index contributed by atoms with van der Waals surface area (Å²) in [6.45, 7) is 2.11. The van der Waals surface area contributed by atoms with E-state index in [1.807, 2.05) is 0 Å². The first kappa shape index (κ1) is 22.8. The first-order valence-electron chi connectivity index (χ1n) is 11.5. The lowest BCUT2D eigenvalue weighted by atomic mass is 9.91. The van der Waals surface area contributed by atoms with Gasteiger partial charge in [0, 0.05) is 18.5 Å². The van der Waals surface area contributed by atoms with Crippen LogP contribution in [-0.4, -0.2) is 49.9 Å². The molecule has 5 heterocycles. The van der Waals surface area contributed by atoms with Crippen LogP contribution >= 0.6 is 0 Å². The molecule has 4 aromatic rings. The minimum Gasteiger partial charge on any atom is -0.477 e. The van der Waals surface area contributed by atoms with Gasteiger partial charge in [-0.05, 0) is 19.1 Å². The number of rotatable bonds is 5. The molecule has 37 heavy (non-hydrogen) atoms. The molecule has 11 nitrogen and oxygen atoms in total. The van der Waals surface area contributed by atoms with Crippen molar-refractivity contribution in [2.75, 3.05) is 18.5 Å². The summed E-state index contributed by atoms with van der Waals surface area (Å²) in [5, 5.41) is 9.96. The van der Waals surface area contributed by atoms with E-state index in [9.17, 15) is 18.4 Å². The van der Waals surface area contributed by atoms with Crippen molar-refractivity contribution in [1.82, 2.24) is 30.0 Å². The number of amides is 2. The predicted octanol–water partition coefficient (Wildman–Crippen LogP) is 2.89. The van der Waals surface area contributed by atoms with Crippen LogP contribution in [0.3, 0.4) is 0 Å². The lowest BCUT2D eigenvalue weighted by Gasteiger charge is -2.31. The van der Waals surface area contributed by atoms with Crippen molar-refractivity contribution in [3.8, 4) is 17.4 Å². The Kier molecular flexibility index (Phi) is 5.21. The van der Waals surface area contributed by atoms with Crippen LogP contribution in [0.4, 0.5) is 19.4 Å². The number of hydrogen-bond acceptors (Lipinski definition) is 8. The molecule has 2 aliphatic rings. The van der Waals surface area contributed by atoms with E-state index in [0.717, 1.165) is 6.20 Å². The van der Waals surface area contributed by atoms with Gasteiger partial charge in [-0.15, -0.1) is 0 Å². The summed E-state index contributed by atoms with van der Waals surface area (Å²) in [5.74, 6) is -1.46. The second-order valence-electron chi connectivity index (χ2n) is 8.50. The molecule has 188 valence electrons. The third kappa shape index (κ3) is 3.61. The van der Waals surface area contributed by atoms with Crippen LogP contribution in [0.2, 0.25) is 0 Å². The van der Waals surface area contributed by atoms with Gasteiger partial charge in [0.25, 0.3) is 5.91 Å². The number of carbonyl (C=O) groups is 2. The Balaban J connectivity index is 1.48. The topological polar surface area (TPSA) is 133 Å². The summed E-state index contributed by atoms with van der Waals surface area (Å²) < 4.78 is 41.2. The highest BCUT2D eigenvalue weighted by molar-refractivity contribution is 6.06. The van der Waals surface area contributed by atoms with Gasteiger partial charge >= 0.3 is 6.09 Å². The average molecular weight is 507 g/mol. The van der Waals surface area contributed by atoms with Crippen LogP contribution in [0.25, 0.3) is 22.6 Å². The summed E-state index contributed by atoms with van der Waals surface area (Å²) in [7, 11) is 0. The second kappa shape index (κ2) is 8.47. The van der Waals surface area contributed by atoms with Crippen LogP contribution in [0.5, 0.6) is 5.88 Å². The number of halogens is 2. The first-order valence-corrected chi connectivity index (χ1v) is 11.5. The zero-order valence-electron chi connectivity index (χ0n) is 19.4. The highest BCUT2D eigenvalue weighted by Crippen LogP contribution is 2.48. The highest BCUT2D eigenvalue weighted by atomic mass is 19.1. The Hall–Kier alpha value is -4.68. The molecule has 1 aromatic carbocycles. The van der Waals surface area contributed by atoms with Gasteiger partial charge in [0.05, 0.1) is 24.7 Å². The molecule has 0 saturated heterocycles. The molecule has 2 amide bonds. The molecule has 0 fully saturated rings. The number of hydrogen-bond donors (Lipinski definition) is 2. The Bertz CT molecular complexity index is 1590. The van der Waals surface area contributed by atoms with Gasteiger partial charge < -0.3 is 20.1 Å². The van der Waals surface area contributed by atoms with E-state index in [4.69, 9.17) is 9.47 Å². The van der Waals surface area contributed by atoms with E-state index >= 15 is 0 Å². The standard InChI is InChI=1S/C24H19F2N7O4/c1-2-27-23(35)37-24-7-8-36-21-16(24)18(31-22(24)34)29-19(30-21)17-14-9-13(25)10-28-20(14)33(32-17)11-12-5-3-4-6-15(12)26/h3-6,9-10H,2,7-8,11H2,1H3,(H,27,35)(H,29,30,31,34). The maximum atomic E-state index is 14.3. The van der Waals surface area contributed by atoms with Gasteiger partial charge in [-0.2, -0.15) is 10.1 Å². The average Bonchev–Trinajstić information content (AvgIpc) is 3.36. The SMILES string of the molecule is CCNC(=O)OC12CCOc3nc(-c4nn(Cc5ccccc5F)c5ncc(F)cc45)nc(c31)NC2=O. The number of pyridine rings is 1. The molecule has 0 radical (unpaired) electrons. The van der Waals surface area contributed by atoms with Gasteiger partial charge in [-0.25, -0.2) is 28.2 Å². The minimum absolute atomic E-state index is 0.0226. The van der Waals surface area contributed by atoms with E-state index in [-0.39, 0.29) is 59.4 Å². The smallest absolute Gasteiger partial charge is 0.408 e. The maximum Gasteiger partial charge on any atom is 0.408 e. The molecule has 0 aliphatic carbocycles. The molecule has 2 aliphatic heterocycles. The van der Waals surface area contributed by atoms with E-state index in [2.05, 4.69) is 30.7 Å². The number of carbonyl (C=O) groups excluding carboxylic acids is 2. The van der Waals surface area contributed by atoms with Crippen molar-refractivity contribution in [2.45, 2.75) is 25.5 Å². The monoisotopic (exact) mass is 507 g/mol. The summed E-state index contributed by atoms with van der Waals surface area (Å²) in [6, 6.07) is 7.44. The third-order valence-corrected chi connectivity index (χ3v) is 6.20. The minimum atomic E-state index is -1.64. The van der Waals surface area contributed by atoms with Gasteiger partial charge in [0.15, 0.2) is 11.5 Å². The number of fused-ring (bicyclic) bond motifs is 1. The number of benzene rings is 1. The first-order chi connectivity index (χ1) is 17.9. The molecule has 2 N–H and O–H groups in total. The number of alkyl carbamates (subject to hydrolysis) is 1. The molecule has 0 bridgehead atoms. The van der Waals surface area contributed by atoms with Crippen LogP contribution < -0.4 is 15.4 Å². The van der Waals surface area contributed by atoms with Crippen molar-refractivity contribution < 1.29 is 27.8 Å². The zero-order valence-corrected chi connectivity index (χ0v) is 19.4. The fourth-order valence-electron chi connectivity index (χ4n) is 4.54. The van der Waals surface area contributed by atoms with Crippen molar-refractivity contribution in [1.29, 1.82) is 0 Å². The number of anilines is 1. The molecule has 1 unspecified atom stereocenters. The van der Waals surface area contributed by atoms with Gasteiger partial charge in [-0.1, -0.05) is 18.2 Å². The number of nitrogens with one attached hydrogen (secondary N) is 2. The zero-order chi connectivity index (χ0) is 25.7. The van der Waals surface area contributed by atoms with Crippen LogP contribution in [0.1, 0.15) is 24.5 Å². The molecule has 6 rings (SSSR count). The molecule has 0 saturated carbocycles. The number of aromatic nitrogens is 5. The van der Waals surface area contributed by atoms with Crippen molar-refractivity contribution >= 4 is 28.9 Å². The summed E-state index contributed by atoms with van der Waals surface area (Å²) in [4.78, 5) is 38.3. The molecule has 0 spiro atoms. The van der Waals surface area contributed by atoms with Crippen LogP contribution in [-0.2, 0) is 21.7 Å². The van der Waals surface area contributed by atoms with Crippen molar-refractivity contribution in [3.05, 3.63) is 59.3 Å². The van der Waals surface area contributed by atoms with E-state index in [1.54, 1.807) is 25.1 Å². The largest absolute Gasteiger partial charge is 0.477 e. The summed E-state index contributed by atoms with van der Waals surface area (Å²) >= 11 is 0. The highest BCUT2D eigenvalue weighted by Gasteiger charge is 2.56. The number of ether oxygens (including phenoxy) is 2. The molecule has 3 aromatic heterocycles. The Morgan fingerprint density at radius 2 is 2.14 bits per heavy atom. The van der Waals surface area contributed by atoms with Crippen molar-refractivity contribution in [2.24, 2.45) is 0 Å². The van der Waals surface area contributed by atoms with E-state index < -0.39 is 29.2 Å². The van der Waals surface area contributed by atoms with Crippen LogP contribution in [0, 0.1) is 11.6 Å². The molecular weight excluding hydrogens is 488 g/mol. The summed E-state index contributed by atoms with van der Waals surface area (Å²) in [5.41, 5.74) is -0.629. The second-order valence-corrected chi connectivity index (χ2v) is 8.50. The Morgan fingerprint density at radius 1 is 1.30 bits per heavy atom. The van der Waals surface area contributed by atoms with Gasteiger partial charge in [-0.3, -0.25) is 4.79 Å². The molecular formula is C24H19F2N7O4. The molecule has 13 heteroatoms. The van der Waals surface area contributed by atoms with Gasteiger partial charge in [0.2, 0.25) is 11.5 Å². The third-order valence-electron chi connectivity index (χ3n) is 6.20. The fourth-order valence-corrected chi connectivity index (χ4v) is 4.54. The normalized spacial score (nSPS) is 17.8. The lowest BCUT2D eigenvalue weighted by molar-refractivity contribution is -0.137. The van der Waals surface area contributed by atoms with E-state index in [1.165, 1.54) is 16.8 Å². The Labute approximate surface area is 207 Å². The predicted molar refractivity (Wildman–Crippen MR) is 125 cm³/mol.